The quantitative estimate of drug-likeness (QED) is 0.683. The van der Waals surface area contributed by atoms with E-state index in [0.717, 1.165) is 27.8 Å². The summed E-state index contributed by atoms with van der Waals surface area (Å²) in [4.78, 5) is 25.4. The van der Waals surface area contributed by atoms with E-state index >= 15 is 0 Å². The van der Waals surface area contributed by atoms with Crippen LogP contribution in [0.4, 0.5) is 0 Å². The molecule has 5 nitrogen and oxygen atoms in total. The third-order valence-electron chi connectivity index (χ3n) is 5.37. The van der Waals surface area contributed by atoms with Gasteiger partial charge in [-0.05, 0) is 33.9 Å². The van der Waals surface area contributed by atoms with Crippen LogP contribution in [0, 0.1) is 0 Å². The minimum absolute atomic E-state index is 0.235. The number of carbonyl (C=O) groups is 2. The van der Waals surface area contributed by atoms with Crippen molar-refractivity contribution in [2.45, 2.75) is 18.4 Å². The van der Waals surface area contributed by atoms with Gasteiger partial charge in [0, 0.05) is 6.42 Å². The molecule has 4 rings (SSSR count). The van der Waals surface area contributed by atoms with Gasteiger partial charge in [-0.2, -0.15) is 0 Å². The molecule has 1 atom stereocenters. The first-order valence-electron chi connectivity index (χ1n) is 9.50. The highest BCUT2D eigenvalue weighted by molar-refractivity contribution is 5.98. The average Bonchev–Trinajstić information content (AvgIpc) is 3.08. The number of fused-ring (bicyclic) bond motifs is 3. The molecule has 5 heteroatoms. The van der Waals surface area contributed by atoms with Crippen LogP contribution in [0.25, 0.3) is 11.1 Å². The number of hydrogen-bond acceptors (Lipinski definition) is 3. The van der Waals surface area contributed by atoms with Crippen LogP contribution < -0.4 is 15.8 Å². The average molecular weight is 386 g/mol. The summed E-state index contributed by atoms with van der Waals surface area (Å²) in [5.41, 5.74) is 10.4. The smallest absolute Gasteiger partial charge is 0.240 e. The highest BCUT2D eigenvalue weighted by Gasteiger charge is 2.35. The van der Waals surface area contributed by atoms with Crippen molar-refractivity contribution in [2.24, 2.45) is 5.73 Å². The monoisotopic (exact) mass is 386 g/mol. The van der Waals surface area contributed by atoms with Gasteiger partial charge in [0.15, 0.2) is 0 Å². The van der Waals surface area contributed by atoms with Gasteiger partial charge in [-0.3, -0.25) is 9.59 Å². The highest BCUT2D eigenvalue weighted by atomic mass is 16.5. The van der Waals surface area contributed by atoms with Crippen molar-refractivity contribution in [3.05, 3.63) is 89.5 Å². The van der Waals surface area contributed by atoms with Crippen molar-refractivity contribution in [3.63, 3.8) is 0 Å². The van der Waals surface area contributed by atoms with Crippen LogP contribution in [0.1, 0.15) is 22.6 Å². The standard InChI is InChI=1S/C24H22N2O3/c1-29-21-13-7-2-8-15(21)14-20(23(25)27)26-24(28)22-18-11-5-3-9-16(18)17-10-4-6-12-19(17)22/h2-13,20,22H,14H2,1H3,(H2,25,27)(H,26,28)/t20-/m1/s1. The Morgan fingerprint density at radius 1 is 0.931 bits per heavy atom. The summed E-state index contributed by atoms with van der Waals surface area (Å²) in [7, 11) is 1.57. The summed E-state index contributed by atoms with van der Waals surface area (Å²) in [6.07, 6.45) is 0.265. The first-order chi connectivity index (χ1) is 14.1. The molecule has 1 aliphatic rings. The molecule has 0 saturated carbocycles. The molecule has 3 N–H and O–H groups in total. The fourth-order valence-electron chi connectivity index (χ4n) is 4.01. The Morgan fingerprint density at radius 2 is 1.48 bits per heavy atom. The Labute approximate surface area is 169 Å². The number of hydrogen-bond donors (Lipinski definition) is 2. The van der Waals surface area contributed by atoms with Crippen molar-refractivity contribution in [1.29, 1.82) is 0 Å². The Morgan fingerprint density at radius 3 is 2.07 bits per heavy atom. The molecule has 0 bridgehead atoms. The zero-order valence-electron chi connectivity index (χ0n) is 16.1. The number of amides is 2. The molecule has 0 fully saturated rings. The van der Waals surface area contributed by atoms with Crippen LogP contribution in [0.15, 0.2) is 72.8 Å². The van der Waals surface area contributed by atoms with E-state index in [2.05, 4.69) is 5.32 Å². The molecule has 0 aliphatic heterocycles. The summed E-state index contributed by atoms with van der Waals surface area (Å²) < 4.78 is 5.36. The maximum atomic E-state index is 13.3. The third-order valence-corrected chi connectivity index (χ3v) is 5.37. The van der Waals surface area contributed by atoms with E-state index in [1.807, 2.05) is 72.8 Å². The molecule has 3 aromatic carbocycles. The molecule has 2 amide bonds. The van der Waals surface area contributed by atoms with Crippen molar-refractivity contribution >= 4 is 11.8 Å². The van der Waals surface area contributed by atoms with Gasteiger partial charge >= 0.3 is 0 Å². The SMILES string of the molecule is COc1ccccc1C[C@@H](NC(=O)C1c2ccccc2-c2ccccc21)C(N)=O. The molecule has 0 heterocycles. The van der Waals surface area contributed by atoms with E-state index in [0.29, 0.717) is 5.75 Å². The zero-order chi connectivity index (χ0) is 20.4. The molecular formula is C24H22N2O3. The van der Waals surface area contributed by atoms with Crippen molar-refractivity contribution in [1.82, 2.24) is 5.32 Å². The highest BCUT2D eigenvalue weighted by Crippen LogP contribution is 2.44. The lowest BCUT2D eigenvalue weighted by Gasteiger charge is -2.20. The summed E-state index contributed by atoms with van der Waals surface area (Å²) in [5.74, 6) is -0.628. The van der Waals surface area contributed by atoms with E-state index in [1.165, 1.54) is 0 Å². The number of nitrogens with two attached hydrogens (primary N) is 1. The molecule has 0 aromatic heterocycles. The van der Waals surface area contributed by atoms with Gasteiger partial charge in [-0.1, -0.05) is 66.7 Å². The molecule has 1 aliphatic carbocycles. The third kappa shape index (κ3) is 3.47. The fourth-order valence-corrected chi connectivity index (χ4v) is 4.01. The molecule has 0 saturated heterocycles. The largest absolute Gasteiger partial charge is 0.496 e. The van der Waals surface area contributed by atoms with Crippen molar-refractivity contribution in [3.8, 4) is 16.9 Å². The Balaban J connectivity index is 1.63. The maximum Gasteiger partial charge on any atom is 0.240 e. The maximum absolute atomic E-state index is 13.3. The number of carbonyl (C=O) groups excluding carboxylic acids is 2. The number of para-hydroxylation sites is 1. The molecule has 29 heavy (non-hydrogen) atoms. The number of nitrogens with one attached hydrogen (secondary N) is 1. The molecule has 0 unspecified atom stereocenters. The molecule has 3 aromatic rings. The topological polar surface area (TPSA) is 81.4 Å². The normalized spacial score (nSPS) is 13.3. The second kappa shape index (κ2) is 7.80. The lowest BCUT2D eigenvalue weighted by molar-refractivity contribution is -0.127. The van der Waals surface area contributed by atoms with Crippen molar-refractivity contribution in [2.75, 3.05) is 7.11 Å². The van der Waals surface area contributed by atoms with Gasteiger partial charge in [0.05, 0.1) is 13.0 Å². The predicted molar refractivity (Wildman–Crippen MR) is 112 cm³/mol. The lowest BCUT2D eigenvalue weighted by atomic mass is 9.95. The van der Waals surface area contributed by atoms with Gasteiger partial charge in [-0.25, -0.2) is 0 Å². The summed E-state index contributed by atoms with van der Waals surface area (Å²) >= 11 is 0. The van der Waals surface area contributed by atoms with E-state index in [-0.39, 0.29) is 12.3 Å². The number of ether oxygens (including phenoxy) is 1. The number of benzene rings is 3. The van der Waals surface area contributed by atoms with Crippen LogP contribution in [0.3, 0.4) is 0 Å². The minimum atomic E-state index is -0.835. The molecule has 0 radical (unpaired) electrons. The fraction of sp³-hybridized carbons (Fsp3) is 0.167. The first kappa shape index (κ1) is 18.7. The first-order valence-corrected chi connectivity index (χ1v) is 9.50. The molecule has 146 valence electrons. The van der Waals surface area contributed by atoms with Gasteiger partial charge in [0.2, 0.25) is 11.8 Å². The second-order valence-electron chi connectivity index (χ2n) is 7.09. The van der Waals surface area contributed by atoms with Gasteiger partial charge in [0.1, 0.15) is 11.8 Å². The Kier molecular flexibility index (Phi) is 5.04. The van der Waals surface area contributed by atoms with E-state index in [9.17, 15) is 9.59 Å². The van der Waals surface area contributed by atoms with Crippen molar-refractivity contribution < 1.29 is 14.3 Å². The lowest BCUT2D eigenvalue weighted by Crippen LogP contribution is -2.47. The van der Waals surface area contributed by atoms with Crippen LogP contribution in [-0.4, -0.2) is 25.0 Å². The van der Waals surface area contributed by atoms with E-state index in [4.69, 9.17) is 10.5 Å². The molecular weight excluding hydrogens is 364 g/mol. The van der Waals surface area contributed by atoms with E-state index < -0.39 is 17.9 Å². The minimum Gasteiger partial charge on any atom is -0.496 e. The zero-order valence-corrected chi connectivity index (χ0v) is 16.1. The van der Waals surface area contributed by atoms with Crippen LogP contribution >= 0.6 is 0 Å². The predicted octanol–water partition coefficient (Wildman–Crippen LogP) is 3.02. The Bertz CT molecular complexity index is 1030. The molecule has 0 spiro atoms. The van der Waals surface area contributed by atoms with Crippen LogP contribution in [-0.2, 0) is 16.0 Å². The summed E-state index contributed by atoms with van der Waals surface area (Å²) in [5, 5.41) is 2.87. The van der Waals surface area contributed by atoms with Crippen LogP contribution in [0.2, 0.25) is 0 Å². The number of primary amides is 1. The van der Waals surface area contributed by atoms with Gasteiger partial charge in [0.25, 0.3) is 0 Å². The second-order valence-corrected chi connectivity index (χ2v) is 7.09. The van der Waals surface area contributed by atoms with Gasteiger partial charge in [-0.15, -0.1) is 0 Å². The number of rotatable bonds is 6. The number of methoxy groups -OCH3 is 1. The van der Waals surface area contributed by atoms with Gasteiger partial charge < -0.3 is 15.8 Å². The summed E-state index contributed by atoms with van der Waals surface area (Å²) in [6, 6.07) is 22.3. The van der Waals surface area contributed by atoms with Crippen LogP contribution in [0.5, 0.6) is 5.75 Å². The Hall–Kier alpha value is -3.60. The van der Waals surface area contributed by atoms with E-state index in [1.54, 1.807) is 7.11 Å². The summed E-state index contributed by atoms with van der Waals surface area (Å²) in [6.45, 7) is 0.